The summed E-state index contributed by atoms with van der Waals surface area (Å²) < 4.78 is 37.2. The van der Waals surface area contributed by atoms with Crippen molar-refractivity contribution in [3.8, 4) is 0 Å². The minimum Gasteiger partial charge on any atom is -0.344 e. The summed E-state index contributed by atoms with van der Waals surface area (Å²) in [5, 5.41) is 4.49. The Bertz CT molecular complexity index is 761. The van der Waals surface area contributed by atoms with Gasteiger partial charge in [0.05, 0.1) is 6.42 Å². The predicted molar refractivity (Wildman–Crippen MR) is 90.8 cm³/mol. The molecule has 0 fully saturated rings. The van der Waals surface area contributed by atoms with Crippen LogP contribution < -0.4 is 10.6 Å². The lowest BCUT2D eigenvalue weighted by molar-refractivity contribution is -0.173. The van der Waals surface area contributed by atoms with Crippen molar-refractivity contribution in [1.82, 2.24) is 5.32 Å². The van der Waals surface area contributed by atoms with Gasteiger partial charge >= 0.3 is 12.1 Å². The summed E-state index contributed by atoms with van der Waals surface area (Å²) in [5.74, 6) is -2.20. The van der Waals surface area contributed by atoms with Crippen LogP contribution in [0.1, 0.15) is 11.1 Å². The van der Waals surface area contributed by atoms with Gasteiger partial charge in [-0.3, -0.25) is 9.59 Å². The molecular formula is C17H14BrF3N2O2. The number of nitrogens with one attached hydrogen (secondary N) is 2. The predicted octanol–water partition coefficient (Wildman–Crippen LogP) is 3.81. The van der Waals surface area contributed by atoms with Crippen LogP contribution in [0.5, 0.6) is 0 Å². The Kier molecular flexibility index (Phi) is 6.19. The van der Waals surface area contributed by atoms with Crippen molar-refractivity contribution < 1.29 is 22.8 Å². The molecule has 25 heavy (non-hydrogen) atoms. The highest BCUT2D eigenvalue weighted by atomic mass is 79.9. The highest BCUT2D eigenvalue weighted by molar-refractivity contribution is 9.10. The average Bonchev–Trinajstić information content (AvgIpc) is 2.53. The number of halogens is 4. The zero-order valence-corrected chi connectivity index (χ0v) is 14.4. The molecule has 2 N–H and O–H groups in total. The second-order valence-electron chi connectivity index (χ2n) is 5.23. The summed E-state index contributed by atoms with van der Waals surface area (Å²) in [6.45, 7) is -0.245. The van der Waals surface area contributed by atoms with Crippen molar-refractivity contribution in [3.63, 3.8) is 0 Å². The van der Waals surface area contributed by atoms with E-state index in [0.717, 1.165) is 10.0 Å². The molecule has 0 heterocycles. The minimum absolute atomic E-state index is 0.197. The Morgan fingerprint density at radius 2 is 1.68 bits per heavy atom. The Labute approximate surface area is 150 Å². The third-order valence-electron chi connectivity index (χ3n) is 3.20. The number of carbonyl (C=O) groups excluding carboxylic acids is 2. The van der Waals surface area contributed by atoms with Gasteiger partial charge in [0.15, 0.2) is 0 Å². The molecule has 0 aliphatic carbocycles. The Morgan fingerprint density at radius 1 is 1.00 bits per heavy atom. The van der Waals surface area contributed by atoms with Gasteiger partial charge in [-0.15, -0.1) is 0 Å². The number of carbonyl (C=O) groups is 2. The third-order valence-corrected chi connectivity index (χ3v) is 3.70. The smallest absolute Gasteiger partial charge is 0.344 e. The molecule has 4 nitrogen and oxygen atoms in total. The SMILES string of the molecule is O=C(Cc1cccc(Br)c1)Nc1ccc(CNC(=O)C(F)(F)F)cc1. The molecule has 0 aromatic heterocycles. The summed E-state index contributed by atoms with van der Waals surface area (Å²) in [6.07, 6.45) is -4.71. The van der Waals surface area contributed by atoms with Gasteiger partial charge in [0.1, 0.15) is 0 Å². The van der Waals surface area contributed by atoms with E-state index in [2.05, 4.69) is 21.2 Å². The fourth-order valence-corrected chi connectivity index (χ4v) is 2.47. The van der Waals surface area contributed by atoms with E-state index >= 15 is 0 Å². The van der Waals surface area contributed by atoms with Crippen LogP contribution in [0, 0.1) is 0 Å². The van der Waals surface area contributed by atoms with Crippen LogP contribution in [-0.4, -0.2) is 18.0 Å². The summed E-state index contributed by atoms with van der Waals surface area (Å²) in [4.78, 5) is 22.7. The molecule has 0 aliphatic rings. The number of rotatable bonds is 5. The summed E-state index contributed by atoms with van der Waals surface area (Å²) >= 11 is 3.33. The summed E-state index contributed by atoms with van der Waals surface area (Å²) in [6, 6.07) is 13.6. The largest absolute Gasteiger partial charge is 0.471 e. The molecule has 0 aliphatic heterocycles. The fourth-order valence-electron chi connectivity index (χ4n) is 2.03. The van der Waals surface area contributed by atoms with Gasteiger partial charge in [0.25, 0.3) is 0 Å². The fraction of sp³-hybridized carbons (Fsp3) is 0.176. The average molecular weight is 415 g/mol. The molecule has 0 unspecified atom stereocenters. The maximum atomic E-state index is 12.1. The number of benzene rings is 2. The third kappa shape index (κ3) is 6.22. The molecule has 132 valence electrons. The Hall–Kier alpha value is -2.35. The zero-order chi connectivity index (χ0) is 18.4. The molecule has 0 saturated heterocycles. The minimum atomic E-state index is -4.90. The van der Waals surface area contributed by atoms with E-state index in [9.17, 15) is 22.8 Å². The normalized spacial score (nSPS) is 11.0. The zero-order valence-electron chi connectivity index (χ0n) is 12.9. The second-order valence-corrected chi connectivity index (χ2v) is 6.15. The molecule has 2 aromatic carbocycles. The maximum Gasteiger partial charge on any atom is 0.471 e. The Morgan fingerprint density at radius 3 is 2.28 bits per heavy atom. The lowest BCUT2D eigenvalue weighted by Gasteiger charge is -2.09. The molecule has 2 rings (SSSR count). The van der Waals surface area contributed by atoms with Gasteiger partial charge < -0.3 is 10.6 Å². The first-order valence-electron chi connectivity index (χ1n) is 7.22. The van der Waals surface area contributed by atoms with Crippen LogP contribution in [0.4, 0.5) is 18.9 Å². The van der Waals surface area contributed by atoms with Crippen molar-refractivity contribution in [2.24, 2.45) is 0 Å². The van der Waals surface area contributed by atoms with E-state index in [4.69, 9.17) is 0 Å². The van der Waals surface area contributed by atoms with Crippen LogP contribution >= 0.6 is 15.9 Å². The quantitative estimate of drug-likeness (QED) is 0.781. The molecule has 8 heteroatoms. The van der Waals surface area contributed by atoms with Crippen LogP contribution in [-0.2, 0) is 22.6 Å². The number of alkyl halides is 3. The number of amides is 2. The van der Waals surface area contributed by atoms with Crippen LogP contribution in [0.3, 0.4) is 0 Å². The summed E-state index contributed by atoms with van der Waals surface area (Å²) in [7, 11) is 0. The molecule has 0 atom stereocenters. The van der Waals surface area contributed by atoms with Crippen LogP contribution in [0.25, 0.3) is 0 Å². The standard InChI is InChI=1S/C17H14BrF3N2O2/c18-13-3-1-2-12(8-13)9-15(24)23-14-6-4-11(5-7-14)10-22-16(25)17(19,20)21/h1-8H,9-10H2,(H,22,25)(H,23,24). The lowest BCUT2D eigenvalue weighted by Crippen LogP contribution is -2.36. The second kappa shape index (κ2) is 8.15. The van der Waals surface area contributed by atoms with E-state index in [1.54, 1.807) is 17.4 Å². The van der Waals surface area contributed by atoms with Crippen molar-refractivity contribution >= 4 is 33.4 Å². The first-order chi connectivity index (χ1) is 11.7. The number of hydrogen-bond acceptors (Lipinski definition) is 2. The summed E-state index contributed by atoms with van der Waals surface area (Å²) in [5.41, 5.74) is 1.85. The molecule has 2 amide bonds. The van der Waals surface area contributed by atoms with Gasteiger partial charge in [0.2, 0.25) is 5.91 Å². The Balaban J connectivity index is 1.87. The number of anilines is 1. The first-order valence-corrected chi connectivity index (χ1v) is 8.01. The molecule has 2 aromatic rings. The van der Waals surface area contributed by atoms with E-state index in [1.807, 2.05) is 24.3 Å². The molecule has 0 radical (unpaired) electrons. The first kappa shape index (κ1) is 19.0. The van der Waals surface area contributed by atoms with E-state index < -0.39 is 12.1 Å². The van der Waals surface area contributed by atoms with Crippen molar-refractivity contribution in [2.75, 3.05) is 5.32 Å². The lowest BCUT2D eigenvalue weighted by atomic mass is 10.1. The van der Waals surface area contributed by atoms with Gasteiger partial charge in [-0.25, -0.2) is 0 Å². The maximum absolute atomic E-state index is 12.1. The molecular weight excluding hydrogens is 401 g/mol. The van der Waals surface area contributed by atoms with Crippen LogP contribution in [0.2, 0.25) is 0 Å². The van der Waals surface area contributed by atoms with E-state index in [0.29, 0.717) is 11.3 Å². The van der Waals surface area contributed by atoms with Crippen molar-refractivity contribution in [2.45, 2.75) is 19.1 Å². The molecule has 0 saturated carbocycles. The van der Waals surface area contributed by atoms with Gasteiger partial charge in [-0.2, -0.15) is 13.2 Å². The van der Waals surface area contributed by atoms with Gasteiger partial charge in [-0.05, 0) is 35.4 Å². The number of hydrogen-bond donors (Lipinski definition) is 2. The highest BCUT2D eigenvalue weighted by Crippen LogP contribution is 2.16. The molecule has 0 spiro atoms. The monoisotopic (exact) mass is 414 g/mol. The highest BCUT2D eigenvalue weighted by Gasteiger charge is 2.38. The van der Waals surface area contributed by atoms with Crippen LogP contribution in [0.15, 0.2) is 53.0 Å². The molecule has 0 bridgehead atoms. The van der Waals surface area contributed by atoms with Crippen molar-refractivity contribution in [1.29, 1.82) is 0 Å². The van der Waals surface area contributed by atoms with Gasteiger partial charge in [-0.1, -0.05) is 40.2 Å². The van der Waals surface area contributed by atoms with Gasteiger partial charge in [0, 0.05) is 16.7 Å². The van der Waals surface area contributed by atoms with Crippen molar-refractivity contribution in [3.05, 3.63) is 64.1 Å². The topological polar surface area (TPSA) is 58.2 Å². The van der Waals surface area contributed by atoms with E-state index in [1.165, 1.54) is 12.1 Å². The van der Waals surface area contributed by atoms with E-state index in [-0.39, 0.29) is 18.9 Å².